The van der Waals surface area contributed by atoms with Gasteiger partial charge < -0.3 is 9.47 Å². The van der Waals surface area contributed by atoms with E-state index in [9.17, 15) is 14.4 Å². The molecule has 0 radical (unpaired) electrons. The largest absolute Gasteiger partial charge is 0.463 e. The zero-order chi connectivity index (χ0) is 21.7. The molecule has 30 heavy (non-hydrogen) atoms. The Balaban J connectivity index is 2.08. The zero-order valence-electron chi connectivity index (χ0n) is 16.0. The van der Waals surface area contributed by atoms with E-state index in [4.69, 9.17) is 26.5 Å². The Labute approximate surface area is 183 Å². The molecule has 154 valence electrons. The van der Waals surface area contributed by atoms with Crippen LogP contribution in [0.25, 0.3) is 0 Å². The van der Waals surface area contributed by atoms with Crippen molar-refractivity contribution in [3.63, 3.8) is 0 Å². The number of halogens is 2. The van der Waals surface area contributed by atoms with Gasteiger partial charge in [-0.3, -0.25) is 5.41 Å². The summed E-state index contributed by atoms with van der Waals surface area (Å²) in [6.07, 6.45) is 0. The molecule has 5 nitrogen and oxygen atoms in total. The molecule has 1 N–H and O–H groups in total. The Morgan fingerprint density at radius 3 is 2.63 bits per heavy atom. The molecule has 1 aliphatic heterocycles. The van der Waals surface area contributed by atoms with Gasteiger partial charge in [0.05, 0.1) is 24.0 Å². The number of nitrogens with zero attached hydrogens (tertiary/aromatic N) is 1. The van der Waals surface area contributed by atoms with Crippen molar-refractivity contribution in [2.75, 3.05) is 12.4 Å². The third kappa shape index (κ3) is 4.66. The normalized spacial score (nSPS) is 18.5. The van der Waals surface area contributed by atoms with Crippen LogP contribution in [0, 0.1) is 28.5 Å². The van der Waals surface area contributed by atoms with E-state index in [2.05, 4.69) is 0 Å². The number of thioether (sulfide) groups is 1. The second kappa shape index (κ2) is 9.79. The van der Waals surface area contributed by atoms with Crippen LogP contribution in [0.4, 0.5) is 4.39 Å². The number of carbonyl (C=O) groups excluding carboxylic acids is 1. The molecule has 2 unspecified atom stereocenters. The number of hydrogen-bond acceptors (Lipinski definition) is 6. The summed E-state index contributed by atoms with van der Waals surface area (Å²) >= 11 is 7.28. The highest BCUT2D eigenvalue weighted by molar-refractivity contribution is 7.99. The van der Waals surface area contributed by atoms with Gasteiger partial charge in [0.15, 0.2) is 0 Å². The summed E-state index contributed by atoms with van der Waals surface area (Å²) in [6, 6.07) is 15.0. The Morgan fingerprint density at radius 2 is 2.00 bits per heavy atom. The Morgan fingerprint density at radius 1 is 1.30 bits per heavy atom. The van der Waals surface area contributed by atoms with Gasteiger partial charge in [-0.25, -0.2) is 9.18 Å². The summed E-state index contributed by atoms with van der Waals surface area (Å²) in [7, 11) is 0. The standard InChI is InChI=1S/C22H18ClFN2O3S/c1-2-28-22(27)20-18(12-30-14-9-7-13(23)8-10-14)29-21(26)16(11-25)19(20)15-5-3-4-6-17(15)24/h3-10,16,19,26H,2,12H2,1H3. The average molecular weight is 445 g/mol. The van der Waals surface area contributed by atoms with Crippen molar-refractivity contribution in [2.45, 2.75) is 17.7 Å². The smallest absolute Gasteiger partial charge is 0.338 e. The highest BCUT2D eigenvalue weighted by atomic mass is 35.5. The summed E-state index contributed by atoms with van der Waals surface area (Å²) in [5, 5.41) is 18.4. The van der Waals surface area contributed by atoms with Crippen LogP contribution in [0.15, 0.2) is 64.8 Å². The van der Waals surface area contributed by atoms with Crippen LogP contribution >= 0.6 is 23.4 Å². The minimum Gasteiger partial charge on any atom is -0.463 e. The van der Waals surface area contributed by atoms with Crippen LogP contribution in [0.2, 0.25) is 5.02 Å². The molecular formula is C22H18ClFN2O3S. The molecule has 2 aromatic carbocycles. The van der Waals surface area contributed by atoms with Gasteiger partial charge in [0.1, 0.15) is 17.5 Å². The van der Waals surface area contributed by atoms with E-state index in [1.165, 1.54) is 30.0 Å². The van der Waals surface area contributed by atoms with Crippen molar-refractivity contribution in [2.24, 2.45) is 5.92 Å². The molecule has 0 saturated heterocycles. The van der Waals surface area contributed by atoms with Crippen LogP contribution < -0.4 is 0 Å². The van der Waals surface area contributed by atoms with Gasteiger partial charge in [0, 0.05) is 15.8 Å². The SMILES string of the molecule is CCOC(=O)C1=C(CSc2ccc(Cl)cc2)OC(=N)C(C#N)C1c1ccccc1F. The lowest BCUT2D eigenvalue weighted by molar-refractivity contribution is -0.139. The van der Waals surface area contributed by atoms with Crippen molar-refractivity contribution in [1.29, 1.82) is 10.7 Å². The number of carbonyl (C=O) groups is 1. The molecule has 2 aromatic rings. The molecule has 0 aliphatic carbocycles. The molecule has 0 aromatic heterocycles. The second-order valence-electron chi connectivity index (χ2n) is 6.37. The first-order valence-corrected chi connectivity index (χ1v) is 10.5. The maximum atomic E-state index is 14.6. The first-order chi connectivity index (χ1) is 14.5. The average Bonchev–Trinajstić information content (AvgIpc) is 2.73. The third-order valence-electron chi connectivity index (χ3n) is 4.52. The van der Waals surface area contributed by atoms with Gasteiger partial charge in [-0.15, -0.1) is 11.8 Å². The van der Waals surface area contributed by atoms with Crippen LogP contribution in [0.3, 0.4) is 0 Å². The summed E-state index contributed by atoms with van der Waals surface area (Å²) in [6.45, 7) is 1.77. The van der Waals surface area contributed by atoms with E-state index in [-0.39, 0.29) is 35.2 Å². The highest BCUT2D eigenvalue weighted by Crippen LogP contribution is 2.42. The van der Waals surface area contributed by atoms with E-state index >= 15 is 0 Å². The fourth-order valence-corrected chi connectivity index (χ4v) is 4.14. The zero-order valence-corrected chi connectivity index (χ0v) is 17.6. The lowest BCUT2D eigenvalue weighted by atomic mass is 9.78. The van der Waals surface area contributed by atoms with Gasteiger partial charge in [0.2, 0.25) is 5.90 Å². The molecular weight excluding hydrogens is 427 g/mol. The lowest BCUT2D eigenvalue weighted by Gasteiger charge is -2.31. The molecule has 0 amide bonds. The van der Waals surface area contributed by atoms with Crippen molar-refractivity contribution >= 4 is 35.2 Å². The molecule has 0 fully saturated rings. The van der Waals surface area contributed by atoms with Crippen LogP contribution in [0.5, 0.6) is 0 Å². The van der Waals surface area contributed by atoms with Crippen LogP contribution in [0.1, 0.15) is 18.4 Å². The maximum absolute atomic E-state index is 14.6. The Hall–Kier alpha value is -2.82. The topological polar surface area (TPSA) is 83.2 Å². The minimum atomic E-state index is -1.15. The van der Waals surface area contributed by atoms with E-state index in [0.29, 0.717) is 5.02 Å². The van der Waals surface area contributed by atoms with E-state index in [1.807, 2.05) is 18.2 Å². The first kappa shape index (κ1) is 21.9. The predicted molar refractivity (Wildman–Crippen MR) is 113 cm³/mol. The Kier molecular flexibility index (Phi) is 7.14. The van der Waals surface area contributed by atoms with Gasteiger partial charge >= 0.3 is 5.97 Å². The number of nitriles is 1. The van der Waals surface area contributed by atoms with E-state index in [0.717, 1.165) is 4.90 Å². The van der Waals surface area contributed by atoms with E-state index < -0.39 is 23.6 Å². The number of rotatable bonds is 6. The molecule has 0 bridgehead atoms. The monoisotopic (exact) mass is 444 g/mol. The van der Waals surface area contributed by atoms with Crippen LogP contribution in [-0.2, 0) is 14.3 Å². The molecule has 0 spiro atoms. The fraction of sp³-hybridized carbons (Fsp3) is 0.227. The number of ether oxygens (including phenoxy) is 2. The molecule has 3 rings (SSSR count). The predicted octanol–water partition coefficient (Wildman–Crippen LogP) is 5.32. The van der Waals surface area contributed by atoms with Crippen molar-refractivity contribution in [1.82, 2.24) is 0 Å². The van der Waals surface area contributed by atoms with Crippen LogP contribution in [-0.4, -0.2) is 24.2 Å². The summed E-state index contributed by atoms with van der Waals surface area (Å²) < 4.78 is 25.4. The minimum absolute atomic E-state index is 0.0611. The second-order valence-corrected chi connectivity index (χ2v) is 7.86. The summed E-state index contributed by atoms with van der Waals surface area (Å²) in [4.78, 5) is 13.7. The van der Waals surface area contributed by atoms with Gasteiger partial charge in [-0.05, 0) is 42.8 Å². The summed E-state index contributed by atoms with van der Waals surface area (Å²) in [5.41, 5.74) is 0.208. The van der Waals surface area contributed by atoms with Crippen molar-refractivity contribution < 1.29 is 18.7 Å². The van der Waals surface area contributed by atoms with Gasteiger partial charge in [-0.2, -0.15) is 5.26 Å². The van der Waals surface area contributed by atoms with Crippen molar-refractivity contribution in [3.8, 4) is 6.07 Å². The molecule has 0 saturated carbocycles. The maximum Gasteiger partial charge on any atom is 0.338 e. The molecule has 2 atom stereocenters. The molecule has 8 heteroatoms. The highest BCUT2D eigenvalue weighted by Gasteiger charge is 2.43. The molecule has 1 heterocycles. The quantitative estimate of drug-likeness (QED) is 0.481. The lowest BCUT2D eigenvalue weighted by Crippen LogP contribution is -2.34. The summed E-state index contributed by atoms with van der Waals surface area (Å²) in [5.74, 6) is -3.36. The van der Waals surface area contributed by atoms with E-state index in [1.54, 1.807) is 25.1 Å². The number of esters is 1. The number of nitrogens with one attached hydrogen (secondary N) is 1. The van der Waals surface area contributed by atoms with Gasteiger partial charge in [-0.1, -0.05) is 29.8 Å². The number of hydrogen-bond donors (Lipinski definition) is 1. The Bertz CT molecular complexity index is 1030. The number of benzene rings is 2. The fourth-order valence-electron chi connectivity index (χ4n) is 3.17. The third-order valence-corrected chi connectivity index (χ3v) is 5.78. The first-order valence-electron chi connectivity index (χ1n) is 9.15. The van der Waals surface area contributed by atoms with Gasteiger partial charge in [0.25, 0.3) is 0 Å². The van der Waals surface area contributed by atoms with Crippen molar-refractivity contribution in [3.05, 3.63) is 76.3 Å². The molecule has 1 aliphatic rings.